The molecule has 0 bridgehead atoms. The summed E-state index contributed by atoms with van der Waals surface area (Å²) in [4.78, 5) is 24.4. The second-order valence-electron chi connectivity index (χ2n) is 7.04. The van der Waals surface area contributed by atoms with E-state index in [1.165, 1.54) is 0 Å². The highest BCUT2D eigenvalue weighted by Gasteiger charge is 2.20. The summed E-state index contributed by atoms with van der Waals surface area (Å²) in [6, 6.07) is 14.8. The van der Waals surface area contributed by atoms with Gasteiger partial charge in [-0.25, -0.2) is 4.79 Å². The number of aromatic amines is 1. The average molecular weight is 351 g/mol. The molecule has 1 heterocycles. The number of ether oxygens (including phenoxy) is 1. The van der Waals surface area contributed by atoms with Crippen molar-refractivity contribution in [3.63, 3.8) is 0 Å². The summed E-state index contributed by atoms with van der Waals surface area (Å²) >= 11 is 0. The van der Waals surface area contributed by atoms with Crippen LogP contribution in [0.5, 0.6) is 0 Å². The molecule has 0 fully saturated rings. The Balaban J connectivity index is 1.66. The van der Waals surface area contributed by atoms with E-state index >= 15 is 0 Å². The predicted molar refractivity (Wildman–Crippen MR) is 100 cm³/mol. The van der Waals surface area contributed by atoms with E-state index in [0.717, 1.165) is 11.1 Å². The Morgan fingerprint density at radius 2 is 1.77 bits per heavy atom. The van der Waals surface area contributed by atoms with Gasteiger partial charge in [-0.15, -0.1) is 0 Å². The van der Waals surface area contributed by atoms with Crippen LogP contribution in [-0.2, 0) is 14.9 Å². The molecule has 6 nitrogen and oxygen atoms in total. The van der Waals surface area contributed by atoms with Crippen LogP contribution >= 0.6 is 0 Å². The van der Waals surface area contributed by atoms with Crippen molar-refractivity contribution in [1.82, 2.24) is 10.2 Å². The van der Waals surface area contributed by atoms with Gasteiger partial charge in [-0.2, -0.15) is 5.10 Å². The molecule has 2 aromatic carbocycles. The SMILES string of the molecule is CC(C)(C)c1ccccc1NC(=O)COC(=O)c1n[nH]c2ccccc12. The zero-order chi connectivity index (χ0) is 18.7. The normalized spacial score (nSPS) is 11.3. The van der Waals surface area contributed by atoms with Gasteiger partial charge in [-0.3, -0.25) is 9.89 Å². The first-order valence-electron chi connectivity index (χ1n) is 8.36. The van der Waals surface area contributed by atoms with E-state index in [2.05, 4.69) is 36.3 Å². The number of carbonyl (C=O) groups excluding carboxylic acids is 2. The van der Waals surface area contributed by atoms with Crippen LogP contribution in [0, 0.1) is 0 Å². The molecule has 134 valence electrons. The van der Waals surface area contributed by atoms with Crippen LogP contribution in [-0.4, -0.2) is 28.7 Å². The lowest BCUT2D eigenvalue weighted by Gasteiger charge is -2.22. The minimum absolute atomic E-state index is 0.117. The zero-order valence-electron chi connectivity index (χ0n) is 15.0. The van der Waals surface area contributed by atoms with E-state index in [1.54, 1.807) is 6.07 Å². The molecular weight excluding hydrogens is 330 g/mol. The van der Waals surface area contributed by atoms with E-state index in [4.69, 9.17) is 4.74 Å². The molecule has 0 unspecified atom stereocenters. The van der Waals surface area contributed by atoms with Crippen molar-refractivity contribution in [2.45, 2.75) is 26.2 Å². The van der Waals surface area contributed by atoms with E-state index in [9.17, 15) is 9.59 Å². The molecule has 26 heavy (non-hydrogen) atoms. The van der Waals surface area contributed by atoms with Crippen molar-refractivity contribution in [3.05, 3.63) is 59.8 Å². The lowest BCUT2D eigenvalue weighted by atomic mass is 9.86. The third kappa shape index (κ3) is 3.74. The molecule has 0 aliphatic carbocycles. The van der Waals surface area contributed by atoms with Crippen molar-refractivity contribution in [1.29, 1.82) is 0 Å². The van der Waals surface area contributed by atoms with Gasteiger partial charge in [-0.05, 0) is 23.1 Å². The third-order valence-electron chi connectivity index (χ3n) is 4.01. The number of H-pyrrole nitrogens is 1. The van der Waals surface area contributed by atoms with Crippen LogP contribution in [0.2, 0.25) is 0 Å². The van der Waals surface area contributed by atoms with Gasteiger partial charge in [0.2, 0.25) is 0 Å². The average Bonchev–Trinajstić information content (AvgIpc) is 3.03. The van der Waals surface area contributed by atoms with Crippen molar-refractivity contribution in [2.75, 3.05) is 11.9 Å². The van der Waals surface area contributed by atoms with Crippen LogP contribution < -0.4 is 5.32 Å². The number of anilines is 1. The summed E-state index contributed by atoms with van der Waals surface area (Å²) in [6.07, 6.45) is 0. The number of hydrogen-bond acceptors (Lipinski definition) is 4. The van der Waals surface area contributed by atoms with Gasteiger partial charge < -0.3 is 10.1 Å². The van der Waals surface area contributed by atoms with Crippen LogP contribution in [0.1, 0.15) is 36.8 Å². The lowest BCUT2D eigenvalue weighted by molar-refractivity contribution is -0.119. The molecule has 0 aliphatic rings. The zero-order valence-corrected chi connectivity index (χ0v) is 15.0. The number of hydrogen-bond donors (Lipinski definition) is 2. The summed E-state index contributed by atoms with van der Waals surface area (Å²) in [5, 5.41) is 10.2. The molecule has 0 radical (unpaired) electrons. The minimum Gasteiger partial charge on any atom is -0.451 e. The number of aromatic nitrogens is 2. The summed E-state index contributed by atoms with van der Waals surface area (Å²) < 4.78 is 5.12. The first-order chi connectivity index (χ1) is 12.4. The number of nitrogens with one attached hydrogen (secondary N) is 2. The first-order valence-corrected chi connectivity index (χ1v) is 8.36. The maximum atomic E-state index is 12.2. The van der Waals surface area contributed by atoms with Gasteiger partial charge in [0.15, 0.2) is 12.3 Å². The molecule has 0 aliphatic heterocycles. The Morgan fingerprint density at radius 3 is 2.54 bits per heavy atom. The molecule has 0 saturated heterocycles. The quantitative estimate of drug-likeness (QED) is 0.703. The summed E-state index contributed by atoms with van der Waals surface area (Å²) in [5.41, 5.74) is 2.52. The van der Waals surface area contributed by atoms with Gasteiger partial charge in [0.05, 0.1) is 5.52 Å². The number of amides is 1. The van der Waals surface area contributed by atoms with Gasteiger partial charge in [0, 0.05) is 11.1 Å². The molecule has 0 atom stereocenters. The third-order valence-corrected chi connectivity index (χ3v) is 4.01. The maximum absolute atomic E-state index is 12.2. The Kier molecular flexibility index (Phi) is 4.75. The number of carbonyl (C=O) groups is 2. The van der Waals surface area contributed by atoms with Crippen LogP contribution in [0.25, 0.3) is 10.9 Å². The number of benzene rings is 2. The van der Waals surface area contributed by atoms with Gasteiger partial charge >= 0.3 is 5.97 Å². The fraction of sp³-hybridized carbons (Fsp3) is 0.250. The number of rotatable bonds is 4. The number of nitrogens with zero attached hydrogens (tertiary/aromatic N) is 1. The maximum Gasteiger partial charge on any atom is 0.359 e. The van der Waals surface area contributed by atoms with Crippen LogP contribution in [0.15, 0.2) is 48.5 Å². The first kappa shape index (κ1) is 17.7. The standard InChI is InChI=1S/C20H21N3O3/c1-20(2,3)14-9-5-7-11-16(14)21-17(24)12-26-19(25)18-13-8-4-6-10-15(13)22-23-18/h4-11H,12H2,1-3H3,(H,21,24)(H,22,23). The molecule has 2 N–H and O–H groups in total. The fourth-order valence-corrected chi connectivity index (χ4v) is 2.75. The lowest BCUT2D eigenvalue weighted by Crippen LogP contribution is -2.23. The van der Waals surface area contributed by atoms with Crippen LogP contribution in [0.4, 0.5) is 5.69 Å². The Morgan fingerprint density at radius 1 is 1.08 bits per heavy atom. The molecule has 0 saturated carbocycles. The summed E-state index contributed by atoms with van der Waals surface area (Å²) in [6.45, 7) is 5.83. The number of esters is 1. The molecule has 6 heteroatoms. The largest absolute Gasteiger partial charge is 0.451 e. The molecular formula is C20H21N3O3. The monoisotopic (exact) mass is 351 g/mol. The van der Waals surface area contributed by atoms with Crippen molar-refractivity contribution >= 4 is 28.5 Å². The van der Waals surface area contributed by atoms with E-state index < -0.39 is 11.9 Å². The fourth-order valence-electron chi connectivity index (χ4n) is 2.75. The van der Waals surface area contributed by atoms with Gasteiger partial charge in [0.1, 0.15) is 0 Å². The van der Waals surface area contributed by atoms with Gasteiger partial charge in [0.25, 0.3) is 5.91 Å². The second kappa shape index (κ2) is 7.00. The second-order valence-corrected chi connectivity index (χ2v) is 7.04. The van der Waals surface area contributed by atoms with Crippen molar-refractivity contribution in [2.24, 2.45) is 0 Å². The van der Waals surface area contributed by atoms with Gasteiger partial charge in [-0.1, -0.05) is 57.2 Å². The molecule has 3 rings (SSSR count). The Bertz CT molecular complexity index is 954. The molecule has 1 amide bonds. The van der Waals surface area contributed by atoms with Crippen molar-refractivity contribution in [3.8, 4) is 0 Å². The summed E-state index contributed by atoms with van der Waals surface area (Å²) in [7, 11) is 0. The smallest absolute Gasteiger partial charge is 0.359 e. The molecule has 0 spiro atoms. The van der Waals surface area contributed by atoms with Crippen LogP contribution in [0.3, 0.4) is 0 Å². The number of para-hydroxylation sites is 2. The highest BCUT2D eigenvalue weighted by Crippen LogP contribution is 2.29. The molecule has 3 aromatic rings. The molecule has 1 aromatic heterocycles. The summed E-state index contributed by atoms with van der Waals surface area (Å²) in [5.74, 6) is -1.03. The van der Waals surface area contributed by atoms with Crippen molar-refractivity contribution < 1.29 is 14.3 Å². The van der Waals surface area contributed by atoms with E-state index in [0.29, 0.717) is 11.1 Å². The van der Waals surface area contributed by atoms with E-state index in [1.807, 2.05) is 42.5 Å². The topological polar surface area (TPSA) is 84.1 Å². The minimum atomic E-state index is -0.637. The Hall–Kier alpha value is -3.15. The predicted octanol–water partition coefficient (Wildman–Crippen LogP) is 3.66. The highest BCUT2D eigenvalue weighted by atomic mass is 16.5. The Labute approximate surface area is 151 Å². The highest BCUT2D eigenvalue weighted by molar-refractivity contribution is 6.03. The van der Waals surface area contributed by atoms with E-state index in [-0.39, 0.29) is 17.7 Å². The number of fused-ring (bicyclic) bond motifs is 1.